The highest BCUT2D eigenvalue weighted by Gasteiger charge is 2.16. The van der Waals surface area contributed by atoms with E-state index < -0.39 is 5.97 Å². The van der Waals surface area contributed by atoms with Crippen LogP contribution >= 0.6 is 0 Å². The van der Waals surface area contributed by atoms with Crippen molar-refractivity contribution < 1.29 is 19.1 Å². The number of anilines is 1. The molecule has 0 bridgehead atoms. The highest BCUT2D eigenvalue weighted by atomic mass is 16.5. The van der Waals surface area contributed by atoms with Gasteiger partial charge in [-0.3, -0.25) is 14.4 Å². The third-order valence-electron chi connectivity index (χ3n) is 3.76. The number of aryl methyl sites for hydroxylation is 2. The van der Waals surface area contributed by atoms with E-state index in [0.29, 0.717) is 11.3 Å². The molecule has 0 saturated carbocycles. The van der Waals surface area contributed by atoms with Crippen LogP contribution in [-0.4, -0.2) is 36.3 Å². The Morgan fingerprint density at radius 1 is 1.04 bits per heavy atom. The predicted octanol–water partition coefficient (Wildman–Crippen LogP) is 2.94. The zero-order valence-electron chi connectivity index (χ0n) is 15.3. The number of benzene rings is 2. The highest BCUT2D eigenvalue weighted by molar-refractivity contribution is 5.99. The van der Waals surface area contributed by atoms with E-state index in [-0.39, 0.29) is 18.4 Å². The Morgan fingerprint density at radius 2 is 1.69 bits per heavy atom. The van der Waals surface area contributed by atoms with E-state index in [9.17, 15) is 14.4 Å². The van der Waals surface area contributed by atoms with Crippen LogP contribution < -0.4 is 10.1 Å². The Kier molecular flexibility index (Phi) is 6.11. The van der Waals surface area contributed by atoms with Gasteiger partial charge in [-0.15, -0.1) is 0 Å². The molecule has 6 nitrogen and oxygen atoms in total. The maximum absolute atomic E-state index is 12.4. The van der Waals surface area contributed by atoms with Gasteiger partial charge in [0.1, 0.15) is 5.75 Å². The first-order valence-corrected chi connectivity index (χ1v) is 8.17. The third-order valence-corrected chi connectivity index (χ3v) is 3.76. The maximum Gasteiger partial charge on any atom is 0.308 e. The molecular formula is C20H22N2O4. The van der Waals surface area contributed by atoms with Crippen LogP contribution in [-0.2, 0) is 9.59 Å². The van der Waals surface area contributed by atoms with Gasteiger partial charge in [0.2, 0.25) is 5.91 Å². The molecule has 2 aromatic carbocycles. The Hall–Kier alpha value is -3.15. The number of rotatable bonds is 5. The number of hydrogen-bond acceptors (Lipinski definition) is 4. The largest absolute Gasteiger partial charge is 0.427 e. The molecule has 0 saturated heterocycles. The summed E-state index contributed by atoms with van der Waals surface area (Å²) in [5.41, 5.74) is 3.15. The van der Waals surface area contributed by atoms with E-state index in [1.165, 1.54) is 11.8 Å². The van der Waals surface area contributed by atoms with Crippen LogP contribution in [0.2, 0.25) is 0 Å². The molecule has 6 heteroatoms. The molecule has 0 aliphatic heterocycles. The second-order valence-corrected chi connectivity index (χ2v) is 6.15. The summed E-state index contributed by atoms with van der Waals surface area (Å²) < 4.78 is 4.93. The van der Waals surface area contributed by atoms with Crippen molar-refractivity contribution in [2.75, 3.05) is 18.9 Å². The standard InChI is InChI=1S/C20H22N2O4/c1-13-5-6-14(2)18(11-13)21-19(24)12-22(4)20(25)16-7-9-17(10-8-16)26-15(3)23/h5-11H,12H2,1-4H3,(H,21,24). The summed E-state index contributed by atoms with van der Waals surface area (Å²) in [4.78, 5) is 36.9. The zero-order valence-corrected chi connectivity index (χ0v) is 15.3. The molecule has 0 spiro atoms. The molecule has 1 N–H and O–H groups in total. The summed E-state index contributed by atoms with van der Waals surface area (Å²) in [6.45, 7) is 5.10. The van der Waals surface area contributed by atoms with Crippen molar-refractivity contribution in [2.45, 2.75) is 20.8 Å². The number of nitrogens with zero attached hydrogens (tertiary/aromatic N) is 1. The maximum atomic E-state index is 12.4. The van der Waals surface area contributed by atoms with Gasteiger partial charge in [0.15, 0.2) is 0 Å². The minimum absolute atomic E-state index is 0.0715. The van der Waals surface area contributed by atoms with E-state index in [2.05, 4.69) is 5.32 Å². The molecule has 0 fully saturated rings. The van der Waals surface area contributed by atoms with Crippen molar-refractivity contribution in [3.63, 3.8) is 0 Å². The van der Waals surface area contributed by atoms with E-state index in [4.69, 9.17) is 4.74 Å². The first kappa shape index (κ1) is 19.2. The van der Waals surface area contributed by atoms with Crippen LogP contribution in [0, 0.1) is 13.8 Å². The van der Waals surface area contributed by atoms with Gasteiger partial charge in [-0.25, -0.2) is 0 Å². The van der Waals surface area contributed by atoms with Crippen molar-refractivity contribution in [1.29, 1.82) is 0 Å². The topological polar surface area (TPSA) is 75.7 Å². The fraction of sp³-hybridized carbons (Fsp3) is 0.250. The molecule has 2 aromatic rings. The Morgan fingerprint density at radius 3 is 2.31 bits per heavy atom. The lowest BCUT2D eigenvalue weighted by molar-refractivity contribution is -0.131. The summed E-state index contributed by atoms with van der Waals surface area (Å²) in [6, 6.07) is 12.0. The number of nitrogens with one attached hydrogen (secondary N) is 1. The van der Waals surface area contributed by atoms with Crippen molar-refractivity contribution >= 4 is 23.5 Å². The van der Waals surface area contributed by atoms with Gasteiger partial charge in [-0.2, -0.15) is 0 Å². The molecule has 2 rings (SSSR count). The Bertz CT molecular complexity index is 828. The van der Waals surface area contributed by atoms with Crippen molar-refractivity contribution in [1.82, 2.24) is 4.90 Å². The van der Waals surface area contributed by atoms with Crippen LogP contribution in [0.3, 0.4) is 0 Å². The normalized spacial score (nSPS) is 10.2. The summed E-state index contributed by atoms with van der Waals surface area (Å²) in [5, 5.41) is 2.83. The van der Waals surface area contributed by atoms with Gasteiger partial charge in [-0.1, -0.05) is 12.1 Å². The minimum Gasteiger partial charge on any atom is -0.427 e. The van der Waals surface area contributed by atoms with Gasteiger partial charge in [0.05, 0.1) is 6.54 Å². The van der Waals surface area contributed by atoms with Crippen LogP contribution in [0.1, 0.15) is 28.4 Å². The summed E-state index contributed by atoms with van der Waals surface area (Å²) >= 11 is 0. The van der Waals surface area contributed by atoms with Gasteiger partial charge < -0.3 is 15.0 Å². The van der Waals surface area contributed by atoms with Gasteiger partial charge in [-0.05, 0) is 55.3 Å². The summed E-state index contributed by atoms with van der Waals surface area (Å²) in [7, 11) is 1.56. The monoisotopic (exact) mass is 354 g/mol. The van der Waals surface area contributed by atoms with Gasteiger partial charge in [0.25, 0.3) is 5.91 Å². The number of likely N-dealkylation sites (N-methyl/N-ethyl adjacent to an activating group) is 1. The van der Waals surface area contributed by atoms with E-state index >= 15 is 0 Å². The number of hydrogen-bond donors (Lipinski definition) is 1. The molecule has 0 heterocycles. The lowest BCUT2D eigenvalue weighted by Gasteiger charge is -2.18. The number of amides is 2. The van der Waals surface area contributed by atoms with Gasteiger partial charge in [0, 0.05) is 25.2 Å². The van der Waals surface area contributed by atoms with Crippen LogP contribution in [0.4, 0.5) is 5.69 Å². The molecular weight excluding hydrogens is 332 g/mol. The number of ether oxygens (including phenoxy) is 1. The second kappa shape index (κ2) is 8.29. The lowest BCUT2D eigenvalue weighted by Crippen LogP contribution is -2.35. The van der Waals surface area contributed by atoms with Crippen molar-refractivity contribution in [3.8, 4) is 5.75 Å². The Balaban J connectivity index is 1.98. The SMILES string of the molecule is CC(=O)Oc1ccc(C(=O)N(C)CC(=O)Nc2cc(C)ccc2C)cc1. The lowest BCUT2D eigenvalue weighted by atomic mass is 10.1. The number of carbonyl (C=O) groups is 3. The van der Waals surface area contributed by atoms with Gasteiger partial charge >= 0.3 is 5.97 Å². The first-order valence-electron chi connectivity index (χ1n) is 8.17. The highest BCUT2D eigenvalue weighted by Crippen LogP contribution is 2.17. The third kappa shape index (κ3) is 5.17. The smallest absolute Gasteiger partial charge is 0.308 e. The summed E-state index contributed by atoms with van der Waals surface area (Å²) in [5.74, 6) is -0.629. The van der Waals surface area contributed by atoms with Crippen molar-refractivity contribution in [2.24, 2.45) is 0 Å². The first-order chi connectivity index (χ1) is 12.3. The number of carbonyl (C=O) groups excluding carboxylic acids is 3. The molecule has 26 heavy (non-hydrogen) atoms. The molecule has 0 aromatic heterocycles. The van der Waals surface area contributed by atoms with Crippen LogP contribution in [0.5, 0.6) is 5.75 Å². The van der Waals surface area contributed by atoms with Crippen LogP contribution in [0.25, 0.3) is 0 Å². The minimum atomic E-state index is -0.427. The number of esters is 1. The predicted molar refractivity (Wildman–Crippen MR) is 99.3 cm³/mol. The molecule has 0 atom stereocenters. The molecule has 2 amide bonds. The quantitative estimate of drug-likeness (QED) is 0.662. The summed E-state index contributed by atoms with van der Waals surface area (Å²) in [6.07, 6.45) is 0. The van der Waals surface area contributed by atoms with E-state index in [1.807, 2.05) is 32.0 Å². The average molecular weight is 354 g/mol. The Labute approximate surface area is 152 Å². The molecule has 136 valence electrons. The fourth-order valence-corrected chi connectivity index (χ4v) is 2.40. The average Bonchev–Trinajstić information content (AvgIpc) is 2.57. The van der Waals surface area contributed by atoms with Crippen molar-refractivity contribution in [3.05, 3.63) is 59.2 Å². The zero-order chi connectivity index (χ0) is 19.3. The fourth-order valence-electron chi connectivity index (χ4n) is 2.40. The van der Waals surface area contributed by atoms with E-state index in [0.717, 1.165) is 16.8 Å². The second-order valence-electron chi connectivity index (χ2n) is 6.15. The molecule has 0 unspecified atom stereocenters. The van der Waals surface area contributed by atoms with E-state index in [1.54, 1.807) is 31.3 Å². The molecule has 0 aliphatic rings. The van der Waals surface area contributed by atoms with Crippen LogP contribution in [0.15, 0.2) is 42.5 Å². The molecule has 0 radical (unpaired) electrons. The molecule has 0 aliphatic carbocycles.